The number of hydrazine groups is 1. The van der Waals surface area contributed by atoms with Gasteiger partial charge in [0.1, 0.15) is 5.82 Å². The standard InChI is InChI=1S/C16H21FN2O4S/c17-13-6-8-14(9-7-13)24(22,23)11-10-15(20)18-19-16(21)12-4-2-1-3-5-12/h6-9,12H,1-5,10-11H2,(H,18,20)(H,19,21). The third-order valence-corrected chi connectivity index (χ3v) is 5.80. The van der Waals surface area contributed by atoms with Crippen molar-refractivity contribution in [1.82, 2.24) is 10.9 Å². The molecule has 1 aliphatic carbocycles. The largest absolute Gasteiger partial charge is 0.273 e. The second kappa shape index (κ2) is 8.23. The highest BCUT2D eigenvalue weighted by Gasteiger charge is 2.22. The summed E-state index contributed by atoms with van der Waals surface area (Å²) in [7, 11) is -3.67. The van der Waals surface area contributed by atoms with Gasteiger partial charge in [0.2, 0.25) is 11.8 Å². The molecule has 0 radical (unpaired) electrons. The molecule has 2 rings (SSSR count). The van der Waals surface area contributed by atoms with E-state index in [9.17, 15) is 22.4 Å². The van der Waals surface area contributed by atoms with E-state index >= 15 is 0 Å². The van der Waals surface area contributed by atoms with Crippen LogP contribution in [0.3, 0.4) is 0 Å². The van der Waals surface area contributed by atoms with Crippen molar-refractivity contribution >= 4 is 21.7 Å². The van der Waals surface area contributed by atoms with E-state index in [-0.39, 0.29) is 23.1 Å². The lowest BCUT2D eigenvalue weighted by Gasteiger charge is -2.20. The van der Waals surface area contributed by atoms with E-state index in [4.69, 9.17) is 0 Å². The van der Waals surface area contributed by atoms with E-state index in [0.29, 0.717) is 0 Å². The topological polar surface area (TPSA) is 92.3 Å². The quantitative estimate of drug-likeness (QED) is 0.621. The summed E-state index contributed by atoms with van der Waals surface area (Å²) in [6.45, 7) is 0. The van der Waals surface area contributed by atoms with Crippen LogP contribution in [0, 0.1) is 11.7 Å². The maximum absolute atomic E-state index is 12.8. The zero-order valence-corrected chi connectivity index (χ0v) is 14.1. The fourth-order valence-electron chi connectivity index (χ4n) is 2.65. The third-order valence-electron chi connectivity index (χ3n) is 4.07. The van der Waals surface area contributed by atoms with E-state index in [1.54, 1.807) is 0 Å². The maximum Gasteiger partial charge on any atom is 0.241 e. The lowest BCUT2D eigenvalue weighted by Crippen LogP contribution is -2.45. The van der Waals surface area contributed by atoms with E-state index in [1.807, 2.05) is 0 Å². The average Bonchev–Trinajstić information content (AvgIpc) is 2.59. The van der Waals surface area contributed by atoms with Crippen LogP contribution in [0.5, 0.6) is 0 Å². The van der Waals surface area contributed by atoms with Crippen LogP contribution in [0.2, 0.25) is 0 Å². The summed E-state index contributed by atoms with van der Waals surface area (Å²) in [6.07, 6.45) is 4.45. The van der Waals surface area contributed by atoms with Crippen LogP contribution in [0.4, 0.5) is 4.39 Å². The predicted molar refractivity (Wildman–Crippen MR) is 85.9 cm³/mol. The van der Waals surface area contributed by atoms with Gasteiger partial charge >= 0.3 is 0 Å². The Hall–Kier alpha value is -1.96. The number of sulfone groups is 1. The Balaban J connectivity index is 1.78. The zero-order chi connectivity index (χ0) is 17.6. The number of nitrogens with one attached hydrogen (secondary N) is 2. The van der Waals surface area contributed by atoms with Crippen molar-refractivity contribution in [2.24, 2.45) is 5.92 Å². The Kier molecular flexibility index (Phi) is 6.30. The number of amides is 2. The first kappa shape index (κ1) is 18.4. The zero-order valence-electron chi connectivity index (χ0n) is 13.3. The molecule has 1 aliphatic rings. The smallest absolute Gasteiger partial charge is 0.241 e. The predicted octanol–water partition coefficient (Wildman–Crippen LogP) is 1.72. The monoisotopic (exact) mass is 356 g/mol. The van der Waals surface area contributed by atoms with Crippen LogP contribution >= 0.6 is 0 Å². The summed E-state index contributed by atoms with van der Waals surface area (Å²) in [4.78, 5) is 23.6. The summed E-state index contributed by atoms with van der Waals surface area (Å²) in [5, 5.41) is 0. The molecule has 0 saturated heterocycles. The summed E-state index contributed by atoms with van der Waals surface area (Å²) >= 11 is 0. The number of benzene rings is 1. The fraction of sp³-hybridized carbons (Fsp3) is 0.500. The van der Waals surface area contributed by atoms with Crippen LogP contribution in [-0.4, -0.2) is 26.0 Å². The van der Waals surface area contributed by atoms with Gasteiger partial charge in [0, 0.05) is 12.3 Å². The summed E-state index contributed by atoms with van der Waals surface area (Å²) in [5.74, 6) is -1.85. The highest BCUT2D eigenvalue weighted by molar-refractivity contribution is 7.91. The Morgan fingerprint density at radius 2 is 1.67 bits per heavy atom. The molecule has 2 N–H and O–H groups in total. The van der Waals surface area contributed by atoms with E-state index in [1.165, 1.54) is 0 Å². The van der Waals surface area contributed by atoms with E-state index in [2.05, 4.69) is 10.9 Å². The average molecular weight is 356 g/mol. The number of carbonyl (C=O) groups excluding carboxylic acids is 2. The highest BCUT2D eigenvalue weighted by Crippen LogP contribution is 2.23. The van der Waals surface area contributed by atoms with Crippen LogP contribution in [0.1, 0.15) is 38.5 Å². The molecular weight excluding hydrogens is 335 g/mol. The Labute approximate surface area is 140 Å². The fourth-order valence-corrected chi connectivity index (χ4v) is 3.89. The number of hydrogen-bond donors (Lipinski definition) is 2. The maximum atomic E-state index is 12.8. The molecule has 6 nitrogen and oxygen atoms in total. The molecule has 0 aromatic heterocycles. The minimum Gasteiger partial charge on any atom is -0.273 e. The molecule has 8 heteroatoms. The summed E-state index contributed by atoms with van der Waals surface area (Å²) in [5.41, 5.74) is 4.60. The molecule has 2 amide bonds. The van der Waals surface area contributed by atoms with E-state index in [0.717, 1.165) is 56.4 Å². The molecule has 0 aliphatic heterocycles. The Morgan fingerprint density at radius 3 is 2.29 bits per heavy atom. The van der Waals surface area contributed by atoms with Gasteiger partial charge in [-0.1, -0.05) is 19.3 Å². The van der Waals surface area contributed by atoms with Gasteiger partial charge in [0.15, 0.2) is 9.84 Å². The van der Waals surface area contributed by atoms with Crippen molar-refractivity contribution in [3.8, 4) is 0 Å². The van der Waals surface area contributed by atoms with Crippen LogP contribution in [0.15, 0.2) is 29.2 Å². The van der Waals surface area contributed by atoms with Crippen molar-refractivity contribution in [3.63, 3.8) is 0 Å². The van der Waals surface area contributed by atoms with Gasteiger partial charge in [-0.15, -0.1) is 0 Å². The first-order chi connectivity index (χ1) is 11.4. The van der Waals surface area contributed by atoms with Gasteiger partial charge in [-0.3, -0.25) is 20.4 Å². The molecule has 0 heterocycles. The van der Waals surface area contributed by atoms with Crippen LogP contribution in [-0.2, 0) is 19.4 Å². The number of halogens is 1. The van der Waals surface area contributed by atoms with Crippen molar-refractivity contribution in [2.75, 3.05) is 5.75 Å². The molecule has 1 saturated carbocycles. The molecular formula is C16H21FN2O4S. The van der Waals surface area contributed by atoms with Crippen molar-refractivity contribution in [3.05, 3.63) is 30.1 Å². The van der Waals surface area contributed by atoms with Gasteiger partial charge in [-0.05, 0) is 37.1 Å². The lowest BCUT2D eigenvalue weighted by atomic mass is 9.89. The first-order valence-corrected chi connectivity index (χ1v) is 9.61. The molecule has 24 heavy (non-hydrogen) atoms. The van der Waals surface area contributed by atoms with Crippen LogP contribution < -0.4 is 10.9 Å². The molecule has 0 spiro atoms. The minimum atomic E-state index is -3.67. The minimum absolute atomic E-state index is 0.0389. The Morgan fingerprint density at radius 1 is 1.04 bits per heavy atom. The second-order valence-corrected chi connectivity index (χ2v) is 8.00. The molecule has 0 bridgehead atoms. The summed E-state index contributed by atoms with van der Waals surface area (Å²) < 4.78 is 36.9. The normalized spacial score (nSPS) is 15.7. The highest BCUT2D eigenvalue weighted by atomic mass is 32.2. The SMILES string of the molecule is O=C(CCS(=O)(=O)c1ccc(F)cc1)NNC(=O)C1CCCCC1. The number of rotatable bonds is 5. The Bertz CT molecular complexity index is 683. The van der Waals surface area contributed by atoms with Gasteiger partial charge < -0.3 is 0 Å². The third kappa shape index (κ3) is 5.30. The first-order valence-electron chi connectivity index (χ1n) is 7.95. The van der Waals surface area contributed by atoms with Crippen molar-refractivity contribution in [2.45, 2.75) is 43.4 Å². The second-order valence-electron chi connectivity index (χ2n) is 5.90. The number of carbonyl (C=O) groups is 2. The van der Waals surface area contributed by atoms with Gasteiger partial charge in [0.25, 0.3) is 0 Å². The molecule has 1 aromatic rings. The van der Waals surface area contributed by atoms with Crippen LogP contribution in [0.25, 0.3) is 0 Å². The number of hydrogen-bond acceptors (Lipinski definition) is 4. The van der Waals surface area contributed by atoms with Crippen molar-refractivity contribution < 1.29 is 22.4 Å². The molecule has 1 fully saturated rings. The lowest BCUT2D eigenvalue weighted by molar-refractivity contribution is -0.131. The molecule has 0 unspecified atom stereocenters. The molecule has 132 valence electrons. The van der Waals surface area contributed by atoms with Gasteiger partial charge in [0.05, 0.1) is 10.6 Å². The van der Waals surface area contributed by atoms with Crippen molar-refractivity contribution in [1.29, 1.82) is 0 Å². The van der Waals surface area contributed by atoms with Gasteiger partial charge in [-0.2, -0.15) is 0 Å². The molecule has 1 aromatic carbocycles. The summed E-state index contributed by atoms with van der Waals surface area (Å²) in [6, 6.07) is 4.43. The molecule has 0 atom stereocenters. The van der Waals surface area contributed by atoms with E-state index < -0.39 is 27.3 Å². The van der Waals surface area contributed by atoms with Gasteiger partial charge in [-0.25, -0.2) is 12.8 Å².